The van der Waals surface area contributed by atoms with E-state index in [2.05, 4.69) is 29.8 Å². The summed E-state index contributed by atoms with van der Waals surface area (Å²) in [4.78, 5) is 0. The van der Waals surface area contributed by atoms with Gasteiger partial charge in [0.15, 0.2) is 0 Å². The number of alkyl halides is 1. The Bertz CT molecular complexity index is 299. The van der Waals surface area contributed by atoms with Crippen LogP contribution in [-0.2, 0) is 0 Å². The molecule has 0 saturated heterocycles. The minimum Gasteiger partial charge on any atom is -0.494 e. The lowest BCUT2D eigenvalue weighted by Gasteiger charge is -2.26. The number of benzene rings is 1. The van der Waals surface area contributed by atoms with Crippen molar-refractivity contribution in [3.63, 3.8) is 0 Å². The second-order valence-corrected chi connectivity index (χ2v) is 5.52. The predicted molar refractivity (Wildman–Crippen MR) is 78.0 cm³/mol. The van der Waals surface area contributed by atoms with E-state index in [4.69, 9.17) is 4.74 Å². The molecule has 17 heavy (non-hydrogen) atoms. The van der Waals surface area contributed by atoms with E-state index in [1.165, 1.54) is 19.3 Å². The van der Waals surface area contributed by atoms with E-state index in [0.29, 0.717) is 5.41 Å². The highest BCUT2D eigenvalue weighted by Crippen LogP contribution is 2.31. The maximum absolute atomic E-state index is 5.71. The van der Waals surface area contributed by atoms with Crippen LogP contribution in [0.25, 0.3) is 0 Å². The summed E-state index contributed by atoms with van der Waals surface area (Å²) in [5.41, 5.74) is 0.425. The number of hydrogen-bond donors (Lipinski definition) is 0. The van der Waals surface area contributed by atoms with Gasteiger partial charge in [-0.2, -0.15) is 0 Å². The zero-order valence-corrected chi connectivity index (χ0v) is 12.5. The van der Waals surface area contributed by atoms with Crippen molar-refractivity contribution in [3.8, 4) is 5.75 Å². The van der Waals surface area contributed by atoms with Crippen molar-refractivity contribution in [1.29, 1.82) is 0 Å². The highest BCUT2D eigenvalue weighted by Gasteiger charge is 2.21. The molecule has 1 nitrogen and oxygen atoms in total. The van der Waals surface area contributed by atoms with E-state index in [-0.39, 0.29) is 0 Å². The molecule has 1 aromatic carbocycles. The third-order valence-electron chi connectivity index (χ3n) is 3.11. The average molecular weight is 299 g/mol. The lowest BCUT2D eigenvalue weighted by molar-refractivity contribution is 0.249. The Morgan fingerprint density at radius 1 is 1.18 bits per heavy atom. The van der Waals surface area contributed by atoms with Gasteiger partial charge in [-0.05, 0) is 36.8 Å². The van der Waals surface area contributed by atoms with Gasteiger partial charge in [-0.3, -0.25) is 0 Å². The molecule has 1 atom stereocenters. The fourth-order valence-corrected chi connectivity index (χ4v) is 2.63. The van der Waals surface area contributed by atoms with Crippen LogP contribution in [-0.4, -0.2) is 11.9 Å². The monoisotopic (exact) mass is 298 g/mol. The van der Waals surface area contributed by atoms with Crippen molar-refractivity contribution in [2.24, 2.45) is 5.41 Å². The molecular weight excluding hydrogens is 276 g/mol. The molecule has 1 aromatic rings. The molecule has 0 aliphatic heterocycles. The van der Waals surface area contributed by atoms with Crippen LogP contribution in [0.5, 0.6) is 5.75 Å². The van der Waals surface area contributed by atoms with E-state index in [1.54, 1.807) is 0 Å². The largest absolute Gasteiger partial charge is 0.494 e. The lowest BCUT2D eigenvalue weighted by Crippen LogP contribution is -2.19. The van der Waals surface area contributed by atoms with Crippen molar-refractivity contribution in [2.75, 3.05) is 11.9 Å². The van der Waals surface area contributed by atoms with Crippen LogP contribution in [0.3, 0.4) is 0 Å². The van der Waals surface area contributed by atoms with E-state index in [0.717, 1.165) is 24.1 Å². The van der Waals surface area contributed by atoms with Gasteiger partial charge < -0.3 is 4.74 Å². The summed E-state index contributed by atoms with van der Waals surface area (Å²) in [6.45, 7) is 5.42. The van der Waals surface area contributed by atoms with Gasteiger partial charge in [-0.1, -0.05) is 54.4 Å². The maximum Gasteiger partial charge on any atom is 0.119 e. The number of ether oxygens (including phenoxy) is 1. The second kappa shape index (κ2) is 7.75. The summed E-state index contributed by atoms with van der Waals surface area (Å²) >= 11 is 3.63. The topological polar surface area (TPSA) is 9.23 Å². The van der Waals surface area contributed by atoms with E-state index in [1.807, 2.05) is 30.3 Å². The SMILES string of the molecule is CCCC(C)(CBr)CCCOc1ccccc1. The molecule has 0 N–H and O–H groups in total. The minimum atomic E-state index is 0.425. The standard InChI is InChI=1S/C15H23BrO/c1-3-10-15(2,13-16)11-7-12-17-14-8-5-4-6-9-14/h4-6,8-9H,3,7,10-13H2,1-2H3. The Labute approximate surface area is 114 Å². The molecule has 0 aliphatic carbocycles. The van der Waals surface area contributed by atoms with Gasteiger partial charge in [0, 0.05) is 5.33 Å². The molecule has 0 saturated carbocycles. The van der Waals surface area contributed by atoms with Gasteiger partial charge in [-0.15, -0.1) is 0 Å². The van der Waals surface area contributed by atoms with Gasteiger partial charge >= 0.3 is 0 Å². The van der Waals surface area contributed by atoms with E-state index in [9.17, 15) is 0 Å². The molecule has 0 heterocycles. The summed E-state index contributed by atoms with van der Waals surface area (Å²) in [5, 5.41) is 1.08. The van der Waals surface area contributed by atoms with Gasteiger partial charge in [0.25, 0.3) is 0 Å². The van der Waals surface area contributed by atoms with E-state index < -0.39 is 0 Å². The first-order chi connectivity index (χ1) is 8.20. The van der Waals surface area contributed by atoms with Crippen molar-refractivity contribution in [3.05, 3.63) is 30.3 Å². The van der Waals surface area contributed by atoms with E-state index >= 15 is 0 Å². The van der Waals surface area contributed by atoms with Gasteiger partial charge in [-0.25, -0.2) is 0 Å². The first kappa shape index (κ1) is 14.6. The summed E-state index contributed by atoms with van der Waals surface area (Å²) in [6.07, 6.45) is 4.88. The van der Waals surface area contributed by atoms with Crippen molar-refractivity contribution in [2.45, 2.75) is 39.5 Å². The first-order valence-electron chi connectivity index (χ1n) is 6.44. The molecule has 0 aliphatic rings. The molecule has 0 bridgehead atoms. The Balaban J connectivity index is 2.23. The smallest absolute Gasteiger partial charge is 0.119 e. The molecule has 0 fully saturated rings. The van der Waals surface area contributed by atoms with Crippen LogP contribution in [0.15, 0.2) is 30.3 Å². The fourth-order valence-electron chi connectivity index (χ4n) is 2.07. The quantitative estimate of drug-likeness (QED) is 0.482. The van der Waals surface area contributed by atoms with Crippen LogP contribution < -0.4 is 4.74 Å². The summed E-state index contributed by atoms with van der Waals surface area (Å²) in [5.74, 6) is 0.975. The summed E-state index contributed by atoms with van der Waals surface area (Å²) in [7, 11) is 0. The maximum atomic E-state index is 5.71. The normalized spacial score (nSPS) is 14.3. The second-order valence-electron chi connectivity index (χ2n) is 4.96. The fraction of sp³-hybridized carbons (Fsp3) is 0.600. The first-order valence-corrected chi connectivity index (χ1v) is 7.56. The molecule has 1 rings (SSSR count). The van der Waals surface area contributed by atoms with Crippen LogP contribution in [0.2, 0.25) is 0 Å². The number of para-hydroxylation sites is 1. The van der Waals surface area contributed by atoms with Crippen LogP contribution >= 0.6 is 15.9 Å². The zero-order chi connectivity index (χ0) is 12.6. The Hall–Kier alpha value is -0.500. The molecule has 0 spiro atoms. The third-order valence-corrected chi connectivity index (χ3v) is 4.47. The lowest BCUT2D eigenvalue weighted by atomic mass is 9.83. The van der Waals surface area contributed by atoms with Crippen LogP contribution in [0, 0.1) is 5.41 Å². The minimum absolute atomic E-state index is 0.425. The zero-order valence-electron chi connectivity index (χ0n) is 10.9. The van der Waals surface area contributed by atoms with Crippen molar-refractivity contribution >= 4 is 15.9 Å². The van der Waals surface area contributed by atoms with Crippen molar-refractivity contribution < 1.29 is 4.74 Å². The summed E-state index contributed by atoms with van der Waals surface area (Å²) < 4.78 is 5.71. The number of hydrogen-bond acceptors (Lipinski definition) is 1. The molecule has 1 unspecified atom stereocenters. The highest BCUT2D eigenvalue weighted by atomic mass is 79.9. The van der Waals surface area contributed by atoms with Crippen LogP contribution in [0.4, 0.5) is 0 Å². The molecular formula is C15H23BrO. The Morgan fingerprint density at radius 2 is 1.88 bits per heavy atom. The van der Waals surface area contributed by atoms with Crippen LogP contribution in [0.1, 0.15) is 39.5 Å². The molecule has 0 aromatic heterocycles. The number of halogens is 1. The molecule has 96 valence electrons. The predicted octanol–water partition coefficient (Wildman–Crippen LogP) is 5.05. The molecule has 0 radical (unpaired) electrons. The molecule has 0 amide bonds. The Kier molecular flexibility index (Phi) is 6.64. The summed E-state index contributed by atoms with van der Waals surface area (Å²) in [6, 6.07) is 10.0. The highest BCUT2D eigenvalue weighted by molar-refractivity contribution is 9.09. The Morgan fingerprint density at radius 3 is 2.47 bits per heavy atom. The molecule has 2 heteroatoms. The van der Waals surface area contributed by atoms with Crippen molar-refractivity contribution in [1.82, 2.24) is 0 Å². The number of rotatable bonds is 8. The third kappa shape index (κ3) is 5.58. The average Bonchev–Trinajstić information content (AvgIpc) is 2.36. The van der Waals surface area contributed by atoms with Gasteiger partial charge in [0.2, 0.25) is 0 Å². The van der Waals surface area contributed by atoms with Gasteiger partial charge in [0.05, 0.1) is 6.61 Å². The van der Waals surface area contributed by atoms with Gasteiger partial charge in [0.1, 0.15) is 5.75 Å².